The summed E-state index contributed by atoms with van der Waals surface area (Å²) in [5, 5.41) is 9.39. The Hall–Kier alpha value is -1.00. The smallest absolute Gasteiger partial charge is 0.335 e. The van der Waals surface area contributed by atoms with E-state index < -0.39 is 5.97 Å². The quantitative estimate of drug-likeness (QED) is 0.807. The van der Waals surface area contributed by atoms with Crippen LogP contribution >= 0.6 is 23.4 Å². The average molecular weight is 230 g/mol. The van der Waals surface area contributed by atoms with Crippen LogP contribution in [-0.4, -0.2) is 21.8 Å². The molecule has 0 atom stereocenters. The highest BCUT2D eigenvalue weighted by molar-refractivity contribution is 7.99. The molecule has 0 bridgehead atoms. The number of nitrogens with zero attached hydrogens (tertiary/aromatic N) is 1. The van der Waals surface area contributed by atoms with Gasteiger partial charge in [-0.05, 0) is 12.1 Å². The summed E-state index contributed by atoms with van der Waals surface area (Å²) in [6.45, 7) is 0. The first-order valence-electron chi connectivity index (χ1n) is 3.81. The third-order valence-electron chi connectivity index (χ3n) is 1.40. The van der Waals surface area contributed by atoms with Crippen LogP contribution in [0.15, 0.2) is 35.0 Å². The zero-order valence-corrected chi connectivity index (χ0v) is 8.76. The monoisotopic (exact) mass is 229 g/mol. The van der Waals surface area contributed by atoms with Gasteiger partial charge in [0, 0.05) is 17.5 Å². The molecule has 74 valence electrons. The van der Waals surface area contributed by atoms with E-state index in [0.717, 1.165) is 0 Å². The summed E-state index contributed by atoms with van der Waals surface area (Å²) in [4.78, 5) is 14.6. The first-order valence-corrected chi connectivity index (χ1v) is 5.23. The van der Waals surface area contributed by atoms with Gasteiger partial charge in [-0.2, -0.15) is 0 Å². The normalized spacial score (nSPS) is 10.6. The SMILES string of the molecule is O=C(O)c1ccnc(SC/C=C/Cl)c1. The van der Waals surface area contributed by atoms with Crippen molar-refractivity contribution in [2.24, 2.45) is 0 Å². The minimum Gasteiger partial charge on any atom is -0.478 e. The highest BCUT2D eigenvalue weighted by Gasteiger charge is 2.03. The van der Waals surface area contributed by atoms with E-state index in [-0.39, 0.29) is 5.56 Å². The van der Waals surface area contributed by atoms with Crippen LogP contribution in [0, 0.1) is 0 Å². The molecule has 0 spiro atoms. The molecular formula is C9H8ClNO2S. The number of hydrogen-bond acceptors (Lipinski definition) is 3. The fourth-order valence-electron chi connectivity index (χ4n) is 0.791. The van der Waals surface area contributed by atoms with Crippen LogP contribution in [0.3, 0.4) is 0 Å². The van der Waals surface area contributed by atoms with Crippen LogP contribution in [-0.2, 0) is 0 Å². The molecule has 1 N–H and O–H groups in total. The van der Waals surface area contributed by atoms with Gasteiger partial charge in [-0.25, -0.2) is 9.78 Å². The van der Waals surface area contributed by atoms with Crippen LogP contribution in [0.25, 0.3) is 0 Å². The molecule has 0 aliphatic carbocycles. The Morgan fingerprint density at radius 3 is 3.14 bits per heavy atom. The Kier molecular flexibility index (Phi) is 4.49. The predicted octanol–water partition coefficient (Wildman–Crippen LogP) is 2.62. The molecule has 0 saturated carbocycles. The van der Waals surface area contributed by atoms with Gasteiger partial charge in [0.2, 0.25) is 0 Å². The number of carboxylic acid groups (broad SMARTS) is 1. The first kappa shape index (κ1) is 11.1. The molecule has 0 amide bonds. The van der Waals surface area contributed by atoms with Crippen molar-refractivity contribution in [2.45, 2.75) is 5.03 Å². The summed E-state index contributed by atoms with van der Waals surface area (Å²) >= 11 is 6.77. The molecule has 3 nitrogen and oxygen atoms in total. The Balaban J connectivity index is 2.68. The highest BCUT2D eigenvalue weighted by atomic mass is 35.5. The van der Waals surface area contributed by atoms with Crippen molar-refractivity contribution in [1.29, 1.82) is 0 Å². The van der Waals surface area contributed by atoms with E-state index in [4.69, 9.17) is 16.7 Å². The van der Waals surface area contributed by atoms with Gasteiger partial charge in [0.05, 0.1) is 10.6 Å². The molecule has 0 saturated heterocycles. The van der Waals surface area contributed by atoms with Gasteiger partial charge in [0.25, 0.3) is 0 Å². The van der Waals surface area contributed by atoms with Gasteiger partial charge in [-0.15, -0.1) is 11.8 Å². The molecule has 0 unspecified atom stereocenters. The van der Waals surface area contributed by atoms with Crippen molar-refractivity contribution in [3.05, 3.63) is 35.5 Å². The van der Waals surface area contributed by atoms with Gasteiger partial charge in [0.15, 0.2) is 0 Å². The van der Waals surface area contributed by atoms with Crippen molar-refractivity contribution in [2.75, 3.05) is 5.75 Å². The minimum absolute atomic E-state index is 0.248. The van der Waals surface area contributed by atoms with Gasteiger partial charge >= 0.3 is 5.97 Å². The summed E-state index contributed by atoms with van der Waals surface area (Å²) in [6.07, 6.45) is 3.25. The average Bonchev–Trinajstić information content (AvgIpc) is 2.19. The zero-order chi connectivity index (χ0) is 10.4. The molecule has 1 aromatic rings. The number of aromatic nitrogens is 1. The van der Waals surface area contributed by atoms with Crippen LogP contribution < -0.4 is 0 Å². The fraction of sp³-hybridized carbons (Fsp3) is 0.111. The van der Waals surface area contributed by atoms with Crippen LogP contribution in [0.4, 0.5) is 0 Å². The molecule has 5 heteroatoms. The van der Waals surface area contributed by atoms with Crippen molar-refractivity contribution >= 4 is 29.3 Å². The largest absolute Gasteiger partial charge is 0.478 e. The highest BCUT2D eigenvalue weighted by Crippen LogP contribution is 2.16. The second-order valence-corrected chi connectivity index (χ2v) is 3.65. The number of halogens is 1. The lowest BCUT2D eigenvalue weighted by molar-refractivity contribution is 0.0696. The summed E-state index contributed by atoms with van der Waals surface area (Å²) in [6, 6.07) is 3.00. The van der Waals surface area contributed by atoms with E-state index in [9.17, 15) is 4.79 Å². The Morgan fingerprint density at radius 2 is 2.50 bits per heavy atom. The molecule has 0 aliphatic heterocycles. The second kappa shape index (κ2) is 5.67. The Bertz CT molecular complexity index is 354. The van der Waals surface area contributed by atoms with E-state index in [0.29, 0.717) is 10.8 Å². The maximum atomic E-state index is 10.6. The molecule has 0 radical (unpaired) electrons. The van der Waals surface area contributed by atoms with Crippen molar-refractivity contribution < 1.29 is 9.90 Å². The standard InChI is InChI=1S/C9H8ClNO2S/c10-3-1-5-14-8-6-7(9(12)13)2-4-11-8/h1-4,6H,5H2,(H,12,13)/b3-1+. The van der Waals surface area contributed by atoms with Crippen LogP contribution in [0.2, 0.25) is 0 Å². The van der Waals surface area contributed by atoms with Crippen molar-refractivity contribution in [3.63, 3.8) is 0 Å². The van der Waals surface area contributed by atoms with Gasteiger partial charge in [0.1, 0.15) is 0 Å². The summed E-state index contributed by atoms with van der Waals surface area (Å²) in [7, 11) is 0. The molecule has 0 aromatic carbocycles. The first-order chi connectivity index (χ1) is 6.74. The molecule has 1 heterocycles. The molecular weight excluding hydrogens is 222 g/mol. The molecule has 14 heavy (non-hydrogen) atoms. The molecule has 0 fully saturated rings. The van der Waals surface area contributed by atoms with E-state index in [1.54, 1.807) is 6.08 Å². The lowest BCUT2D eigenvalue weighted by Gasteiger charge is -1.98. The van der Waals surface area contributed by atoms with Gasteiger partial charge < -0.3 is 5.11 Å². The number of pyridine rings is 1. The second-order valence-electron chi connectivity index (χ2n) is 2.36. The lowest BCUT2D eigenvalue weighted by atomic mass is 10.3. The third kappa shape index (κ3) is 3.40. The van der Waals surface area contributed by atoms with Crippen LogP contribution in [0.5, 0.6) is 0 Å². The summed E-state index contributed by atoms with van der Waals surface area (Å²) < 4.78 is 0. The number of carbonyl (C=O) groups is 1. The topological polar surface area (TPSA) is 50.2 Å². The number of aromatic carboxylic acids is 1. The number of hydrogen-bond donors (Lipinski definition) is 1. The van der Waals surface area contributed by atoms with Gasteiger partial charge in [-0.1, -0.05) is 17.7 Å². The Morgan fingerprint density at radius 1 is 1.71 bits per heavy atom. The Labute approximate surface area is 90.8 Å². The van der Waals surface area contributed by atoms with E-state index in [1.807, 2.05) is 0 Å². The summed E-state index contributed by atoms with van der Waals surface area (Å²) in [5.74, 6) is -0.262. The minimum atomic E-state index is -0.942. The number of carboxylic acids is 1. The third-order valence-corrected chi connectivity index (χ3v) is 2.45. The van der Waals surface area contributed by atoms with E-state index in [2.05, 4.69) is 4.98 Å². The maximum Gasteiger partial charge on any atom is 0.335 e. The van der Waals surface area contributed by atoms with E-state index >= 15 is 0 Å². The number of rotatable bonds is 4. The lowest BCUT2D eigenvalue weighted by Crippen LogP contribution is -1.96. The summed E-state index contributed by atoms with van der Waals surface area (Å²) in [5.41, 5.74) is 1.67. The predicted molar refractivity (Wildman–Crippen MR) is 56.9 cm³/mol. The molecule has 1 aromatic heterocycles. The zero-order valence-electron chi connectivity index (χ0n) is 7.18. The number of thioether (sulfide) groups is 1. The fourth-order valence-corrected chi connectivity index (χ4v) is 1.69. The molecule has 0 aliphatic rings. The van der Waals surface area contributed by atoms with Crippen molar-refractivity contribution in [1.82, 2.24) is 4.98 Å². The van der Waals surface area contributed by atoms with Crippen molar-refractivity contribution in [3.8, 4) is 0 Å². The van der Waals surface area contributed by atoms with Crippen LogP contribution in [0.1, 0.15) is 10.4 Å². The van der Waals surface area contributed by atoms with E-state index in [1.165, 1.54) is 35.6 Å². The maximum absolute atomic E-state index is 10.6. The van der Waals surface area contributed by atoms with Gasteiger partial charge in [-0.3, -0.25) is 0 Å². The molecule has 1 rings (SSSR count).